The molecule has 5 aromatic heterocycles. The highest BCUT2D eigenvalue weighted by atomic mass is 16.1. The fourth-order valence-corrected chi connectivity index (χ4v) is 6.99. The number of aldehydes is 2. The van der Waals surface area contributed by atoms with Crippen LogP contribution in [0.25, 0.3) is 90.9 Å². The van der Waals surface area contributed by atoms with Crippen molar-refractivity contribution < 1.29 is 9.59 Å². The van der Waals surface area contributed by atoms with Crippen LogP contribution in [0.5, 0.6) is 0 Å². The molecule has 0 aliphatic carbocycles. The first-order valence-corrected chi connectivity index (χ1v) is 16.7. The van der Waals surface area contributed by atoms with Crippen molar-refractivity contribution in [3.8, 4) is 44.5 Å². The van der Waals surface area contributed by atoms with Crippen molar-refractivity contribution >= 4 is 58.9 Å². The van der Waals surface area contributed by atoms with Crippen LogP contribution in [0.15, 0.2) is 122 Å². The number of aromatic nitrogens is 6. The molecule has 7 aromatic rings. The monoisotopic (exact) mass is 672 g/mol. The van der Waals surface area contributed by atoms with E-state index in [9.17, 15) is 9.59 Å². The lowest BCUT2D eigenvalue weighted by atomic mass is 10.0. The molecule has 0 saturated heterocycles. The highest BCUT2D eigenvalue weighted by Gasteiger charge is 2.19. The third kappa shape index (κ3) is 5.45. The predicted octanol–water partition coefficient (Wildman–Crippen LogP) is 9.74. The first kappa shape index (κ1) is 30.7. The third-order valence-corrected chi connectivity index (χ3v) is 9.31. The largest absolute Gasteiger partial charge is 0.354 e. The zero-order chi connectivity index (χ0) is 35.0. The summed E-state index contributed by atoms with van der Waals surface area (Å²) in [5, 5.41) is 0. The van der Waals surface area contributed by atoms with E-state index >= 15 is 0 Å². The fraction of sp³-hybridized carbons (Fsp3) is 0. The van der Waals surface area contributed by atoms with Gasteiger partial charge in [0.25, 0.3) is 0 Å². The van der Waals surface area contributed by atoms with Gasteiger partial charge in [0.05, 0.1) is 22.8 Å². The maximum atomic E-state index is 11.9. The van der Waals surface area contributed by atoms with Crippen LogP contribution >= 0.6 is 0 Å². The second kappa shape index (κ2) is 12.9. The number of carbonyl (C=O) groups excluding carboxylic acids is 2. The Morgan fingerprint density at radius 2 is 0.788 bits per heavy atom. The van der Waals surface area contributed by atoms with Crippen LogP contribution < -0.4 is 0 Å². The second-order valence-corrected chi connectivity index (χ2v) is 12.5. The smallest absolute Gasteiger partial charge is 0.150 e. The van der Waals surface area contributed by atoms with Gasteiger partial charge in [-0.05, 0) is 107 Å². The summed E-state index contributed by atoms with van der Waals surface area (Å²) in [6, 6.07) is 31.2. The summed E-state index contributed by atoms with van der Waals surface area (Å²) in [5.41, 5.74) is 14.6. The normalized spacial score (nSPS) is 11.8. The molecule has 52 heavy (non-hydrogen) atoms. The van der Waals surface area contributed by atoms with Gasteiger partial charge in [-0.25, -0.2) is 9.97 Å². The molecule has 8 heteroatoms. The summed E-state index contributed by atoms with van der Waals surface area (Å²) in [5.74, 6) is 0. The third-order valence-electron chi connectivity index (χ3n) is 9.31. The molecule has 8 nitrogen and oxygen atoms in total. The number of carbonyl (C=O) groups is 2. The van der Waals surface area contributed by atoms with Crippen molar-refractivity contribution in [3.63, 3.8) is 0 Å². The topological polar surface area (TPSA) is 117 Å². The Labute approximate surface area is 298 Å². The molecule has 8 bridgehead atoms. The van der Waals surface area contributed by atoms with Gasteiger partial charge in [0.1, 0.15) is 12.6 Å². The lowest BCUT2D eigenvalue weighted by molar-refractivity contribution is 0.111. The molecule has 2 aliphatic rings. The van der Waals surface area contributed by atoms with Gasteiger partial charge in [0.15, 0.2) is 0 Å². The Kier molecular flexibility index (Phi) is 7.59. The number of hydrogen-bond acceptors (Lipinski definition) is 6. The molecule has 0 saturated carbocycles. The molecule has 0 radical (unpaired) electrons. The summed E-state index contributed by atoms with van der Waals surface area (Å²) < 4.78 is 0. The molecule has 0 atom stereocenters. The van der Waals surface area contributed by atoms with Crippen LogP contribution in [0.1, 0.15) is 43.5 Å². The number of nitrogens with one attached hydrogen (secondary N) is 2. The van der Waals surface area contributed by atoms with Crippen LogP contribution in [0.3, 0.4) is 0 Å². The zero-order valence-corrected chi connectivity index (χ0v) is 27.6. The quantitative estimate of drug-likeness (QED) is 0.170. The second-order valence-electron chi connectivity index (χ2n) is 12.5. The summed E-state index contributed by atoms with van der Waals surface area (Å²) in [4.78, 5) is 50.3. The number of pyridine rings is 2. The first-order valence-electron chi connectivity index (χ1n) is 16.7. The molecule has 9 rings (SSSR count). The maximum absolute atomic E-state index is 11.9. The standard InChI is InChI=1S/C44H28N6O2/c51-25-27-3-1-5-31(23-27)43-37-11-7-33(47-37)41(29-15-19-45-20-16-29)35-9-13-39(49-35)44(32-6-2-4-28(24-32)26-52)40-14-10-36(50-40)42(30-17-21-46-22-18-30)34-8-12-38(43)48-34/h1-26,47-48H. The molecule has 7 heterocycles. The minimum atomic E-state index is 0.562. The average molecular weight is 673 g/mol. The van der Waals surface area contributed by atoms with Gasteiger partial charge in [0, 0.05) is 80.2 Å². The minimum absolute atomic E-state index is 0.562. The average Bonchev–Trinajstić information content (AvgIpc) is 4.04. The van der Waals surface area contributed by atoms with Crippen molar-refractivity contribution in [2.45, 2.75) is 0 Å². The van der Waals surface area contributed by atoms with Crippen LogP contribution in [0.4, 0.5) is 0 Å². The van der Waals surface area contributed by atoms with E-state index in [1.807, 2.05) is 85.0 Å². The molecule has 2 aliphatic heterocycles. The van der Waals surface area contributed by atoms with Crippen molar-refractivity contribution in [3.05, 3.63) is 156 Å². The highest BCUT2D eigenvalue weighted by molar-refractivity contribution is 6.00. The van der Waals surface area contributed by atoms with Crippen molar-refractivity contribution in [1.29, 1.82) is 0 Å². The molecule has 0 fully saturated rings. The van der Waals surface area contributed by atoms with Crippen LogP contribution in [-0.4, -0.2) is 42.5 Å². The molecule has 2 aromatic carbocycles. The van der Waals surface area contributed by atoms with Gasteiger partial charge >= 0.3 is 0 Å². The number of rotatable bonds is 6. The molecular formula is C44H28N6O2. The first-order chi connectivity index (χ1) is 25.7. The van der Waals surface area contributed by atoms with E-state index in [-0.39, 0.29) is 0 Å². The van der Waals surface area contributed by atoms with Crippen LogP contribution in [0, 0.1) is 0 Å². The molecule has 246 valence electrons. The minimum Gasteiger partial charge on any atom is -0.354 e. The van der Waals surface area contributed by atoms with E-state index in [1.165, 1.54) is 0 Å². The number of H-pyrrole nitrogens is 2. The van der Waals surface area contributed by atoms with Gasteiger partial charge in [-0.2, -0.15) is 0 Å². The Hall–Kier alpha value is -7.32. The van der Waals surface area contributed by atoms with Crippen LogP contribution in [-0.2, 0) is 0 Å². The van der Waals surface area contributed by atoms with Gasteiger partial charge in [-0.15, -0.1) is 0 Å². The lowest BCUT2D eigenvalue weighted by Crippen LogP contribution is -1.92. The fourth-order valence-electron chi connectivity index (χ4n) is 6.99. The van der Waals surface area contributed by atoms with Gasteiger partial charge in [-0.3, -0.25) is 19.6 Å². The van der Waals surface area contributed by atoms with E-state index in [0.29, 0.717) is 11.1 Å². The van der Waals surface area contributed by atoms with Gasteiger partial charge < -0.3 is 9.97 Å². The Morgan fingerprint density at radius 1 is 0.404 bits per heavy atom. The van der Waals surface area contributed by atoms with Crippen LogP contribution in [0.2, 0.25) is 0 Å². The summed E-state index contributed by atoms with van der Waals surface area (Å²) in [6.07, 6.45) is 16.8. The lowest BCUT2D eigenvalue weighted by Gasteiger charge is -2.07. The molecule has 0 spiro atoms. The van der Waals surface area contributed by atoms with Gasteiger partial charge in [0.2, 0.25) is 0 Å². The SMILES string of the molecule is O=Cc1cccc(-c2c3nc(c(-c4ccncc4)c4ccc([nH]4)c(-c4cccc(C=O)c4)c4ccc([nH]4)c(-c4ccncc4)c4nc2C=C4)C=C3)c1. The summed E-state index contributed by atoms with van der Waals surface area (Å²) in [6.45, 7) is 0. The van der Waals surface area contributed by atoms with E-state index in [0.717, 1.165) is 102 Å². The Morgan fingerprint density at radius 3 is 1.21 bits per heavy atom. The van der Waals surface area contributed by atoms with Crippen molar-refractivity contribution in [1.82, 2.24) is 29.9 Å². The number of nitrogens with zero attached hydrogens (tertiary/aromatic N) is 4. The Bertz CT molecular complexity index is 2640. The molecule has 0 amide bonds. The number of aromatic amines is 2. The van der Waals surface area contributed by atoms with E-state index in [1.54, 1.807) is 36.9 Å². The zero-order valence-electron chi connectivity index (χ0n) is 27.6. The number of benzene rings is 2. The van der Waals surface area contributed by atoms with E-state index in [4.69, 9.17) is 9.97 Å². The van der Waals surface area contributed by atoms with Crippen molar-refractivity contribution in [2.24, 2.45) is 0 Å². The summed E-state index contributed by atoms with van der Waals surface area (Å²) >= 11 is 0. The maximum Gasteiger partial charge on any atom is 0.150 e. The summed E-state index contributed by atoms with van der Waals surface area (Å²) in [7, 11) is 0. The van der Waals surface area contributed by atoms with Gasteiger partial charge in [-0.1, -0.05) is 36.4 Å². The highest BCUT2D eigenvalue weighted by Crippen LogP contribution is 2.38. The number of fused-ring (bicyclic) bond motifs is 8. The van der Waals surface area contributed by atoms with Crippen molar-refractivity contribution in [2.75, 3.05) is 0 Å². The molecule has 2 N–H and O–H groups in total. The molecule has 0 unspecified atom stereocenters. The van der Waals surface area contributed by atoms with E-state index < -0.39 is 0 Å². The number of hydrogen-bond donors (Lipinski definition) is 2. The molecular weight excluding hydrogens is 645 g/mol. The predicted molar refractivity (Wildman–Crippen MR) is 207 cm³/mol. The van der Waals surface area contributed by atoms with E-state index in [2.05, 4.69) is 44.2 Å². The Balaban J connectivity index is 1.48.